The highest BCUT2D eigenvalue weighted by atomic mass is 35.5. The molecule has 2 aromatic carbocycles. The number of carboxylic acids is 1. The van der Waals surface area contributed by atoms with Gasteiger partial charge in [0.2, 0.25) is 5.91 Å². The second kappa shape index (κ2) is 8.13. The number of carbonyl (C=O) groups excluding carboxylic acids is 1. The van der Waals surface area contributed by atoms with Crippen molar-refractivity contribution in [3.63, 3.8) is 0 Å². The van der Waals surface area contributed by atoms with Crippen molar-refractivity contribution in [3.05, 3.63) is 57.6 Å². The third-order valence-corrected chi connectivity index (χ3v) is 6.50. The lowest BCUT2D eigenvalue weighted by atomic mass is 10.0. The summed E-state index contributed by atoms with van der Waals surface area (Å²) in [6.07, 6.45) is -0.215. The zero-order valence-corrected chi connectivity index (χ0v) is 17.2. The quantitative estimate of drug-likeness (QED) is 0.679. The van der Waals surface area contributed by atoms with Gasteiger partial charge in [0.05, 0.1) is 33.9 Å². The van der Waals surface area contributed by atoms with Gasteiger partial charge in [-0.1, -0.05) is 55.2 Å². The van der Waals surface area contributed by atoms with Crippen molar-refractivity contribution in [2.75, 3.05) is 4.90 Å². The maximum Gasteiger partial charge on any atom is 0.305 e. The van der Waals surface area contributed by atoms with Crippen LogP contribution in [0.1, 0.15) is 37.3 Å². The predicted octanol–water partition coefficient (Wildman–Crippen LogP) is 5.60. The van der Waals surface area contributed by atoms with Crippen molar-refractivity contribution in [1.82, 2.24) is 0 Å². The fourth-order valence-electron chi connectivity index (χ4n) is 3.09. The lowest BCUT2D eigenvalue weighted by Gasteiger charge is -2.35. The average molecular weight is 424 g/mol. The summed E-state index contributed by atoms with van der Waals surface area (Å²) in [5.41, 5.74) is 2.75. The number of anilines is 1. The van der Waals surface area contributed by atoms with Gasteiger partial charge in [-0.3, -0.25) is 9.59 Å². The number of rotatable bonds is 5. The van der Waals surface area contributed by atoms with Crippen LogP contribution in [0.4, 0.5) is 5.69 Å². The summed E-state index contributed by atoms with van der Waals surface area (Å²) >= 11 is 13.5. The summed E-state index contributed by atoms with van der Waals surface area (Å²) in [5.74, 6) is -0.930. The Hall–Kier alpha value is -1.69. The van der Waals surface area contributed by atoms with Crippen molar-refractivity contribution >= 4 is 52.5 Å². The van der Waals surface area contributed by atoms with Gasteiger partial charge in [-0.05, 0) is 35.2 Å². The Kier molecular flexibility index (Phi) is 6.04. The number of fused-ring (bicyclic) bond motifs is 1. The molecule has 0 aliphatic carbocycles. The Balaban J connectivity index is 2.05. The third-order valence-electron chi connectivity index (χ3n) is 4.42. The van der Waals surface area contributed by atoms with E-state index >= 15 is 0 Å². The van der Waals surface area contributed by atoms with Crippen LogP contribution in [0.2, 0.25) is 10.0 Å². The molecule has 1 amide bonds. The third kappa shape index (κ3) is 4.26. The molecule has 1 aliphatic rings. The zero-order valence-electron chi connectivity index (χ0n) is 14.9. The van der Waals surface area contributed by atoms with Crippen molar-refractivity contribution in [1.29, 1.82) is 0 Å². The second-order valence-electron chi connectivity index (χ2n) is 6.73. The minimum absolute atomic E-state index is 0.207. The van der Waals surface area contributed by atoms with E-state index in [9.17, 15) is 14.7 Å². The Morgan fingerprint density at radius 2 is 1.96 bits per heavy atom. The molecule has 3 rings (SSSR count). The lowest BCUT2D eigenvalue weighted by molar-refractivity contribution is -0.138. The molecule has 0 bridgehead atoms. The number of benzene rings is 2. The summed E-state index contributed by atoms with van der Waals surface area (Å²) in [6.45, 7) is 4.48. The molecule has 0 aromatic heterocycles. The Labute approximate surface area is 172 Å². The van der Waals surface area contributed by atoms with Crippen LogP contribution in [0.5, 0.6) is 0 Å². The highest BCUT2D eigenvalue weighted by molar-refractivity contribution is 8.01. The minimum atomic E-state index is -0.985. The van der Waals surface area contributed by atoms with E-state index in [1.54, 1.807) is 17.0 Å². The second-order valence-corrected chi connectivity index (χ2v) is 8.75. The van der Waals surface area contributed by atoms with E-state index in [0.29, 0.717) is 16.6 Å². The van der Waals surface area contributed by atoms with Gasteiger partial charge in [-0.2, -0.15) is 0 Å². The molecular formula is C20H19Cl2NO3S. The summed E-state index contributed by atoms with van der Waals surface area (Å²) < 4.78 is 0. The van der Waals surface area contributed by atoms with E-state index in [2.05, 4.69) is 13.8 Å². The van der Waals surface area contributed by atoms with E-state index in [4.69, 9.17) is 23.2 Å². The van der Waals surface area contributed by atoms with Crippen LogP contribution in [0.15, 0.2) is 41.3 Å². The molecule has 1 N–H and O–H groups in total. The SMILES string of the molecule is CC(C)c1cccc2c1SC(CC(=O)O)C(=O)N2Cc1ccc(Cl)c(Cl)c1. The maximum atomic E-state index is 13.0. The first-order chi connectivity index (χ1) is 12.8. The summed E-state index contributed by atoms with van der Waals surface area (Å²) in [4.78, 5) is 26.9. The van der Waals surface area contributed by atoms with Gasteiger partial charge in [0.25, 0.3) is 0 Å². The van der Waals surface area contributed by atoms with Gasteiger partial charge >= 0.3 is 5.97 Å². The number of hydrogen-bond acceptors (Lipinski definition) is 3. The van der Waals surface area contributed by atoms with Gasteiger partial charge in [-0.25, -0.2) is 0 Å². The van der Waals surface area contributed by atoms with E-state index in [0.717, 1.165) is 21.7 Å². The Morgan fingerprint density at radius 3 is 2.59 bits per heavy atom. The molecule has 1 heterocycles. The number of halogens is 2. The zero-order chi connectivity index (χ0) is 19.7. The molecule has 7 heteroatoms. The van der Waals surface area contributed by atoms with Crippen LogP contribution in [0.3, 0.4) is 0 Å². The van der Waals surface area contributed by atoms with Crippen LogP contribution in [0, 0.1) is 0 Å². The normalized spacial score (nSPS) is 16.6. The molecule has 2 aromatic rings. The van der Waals surface area contributed by atoms with Crippen LogP contribution in [-0.2, 0) is 16.1 Å². The molecule has 1 aliphatic heterocycles. The van der Waals surface area contributed by atoms with E-state index in [1.165, 1.54) is 11.8 Å². The number of hydrogen-bond donors (Lipinski definition) is 1. The molecule has 27 heavy (non-hydrogen) atoms. The number of thioether (sulfide) groups is 1. The van der Waals surface area contributed by atoms with E-state index in [-0.39, 0.29) is 18.2 Å². The monoisotopic (exact) mass is 423 g/mol. The average Bonchev–Trinajstić information content (AvgIpc) is 2.60. The standard InChI is InChI=1S/C20H19Cl2NO3S/c1-11(2)13-4-3-5-16-19(13)27-17(9-18(24)25)20(26)23(16)10-12-6-7-14(21)15(22)8-12/h3-8,11,17H,9-10H2,1-2H3,(H,24,25). The highest BCUT2D eigenvalue weighted by Crippen LogP contribution is 2.45. The largest absolute Gasteiger partial charge is 0.481 e. The fraction of sp³-hybridized carbons (Fsp3) is 0.300. The molecule has 142 valence electrons. The number of aliphatic carboxylic acids is 1. The van der Waals surface area contributed by atoms with E-state index in [1.807, 2.05) is 24.3 Å². The molecule has 0 saturated heterocycles. The van der Waals surface area contributed by atoms with Crippen molar-refractivity contribution in [2.45, 2.75) is 42.9 Å². The molecule has 1 unspecified atom stereocenters. The van der Waals surface area contributed by atoms with Gasteiger partial charge in [-0.15, -0.1) is 11.8 Å². The first-order valence-corrected chi connectivity index (χ1v) is 10.2. The molecule has 0 fully saturated rings. The van der Waals surface area contributed by atoms with Crippen molar-refractivity contribution in [3.8, 4) is 0 Å². The van der Waals surface area contributed by atoms with Crippen LogP contribution in [0.25, 0.3) is 0 Å². The first-order valence-electron chi connectivity index (χ1n) is 8.54. The predicted molar refractivity (Wildman–Crippen MR) is 110 cm³/mol. The van der Waals surface area contributed by atoms with Gasteiger partial charge in [0, 0.05) is 4.90 Å². The molecule has 0 radical (unpaired) electrons. The lowest BCUT2D eigenvalue weighted by Crippen LogP contribution is -2.41. The highest BCUT2D eigenvalue weighted by Gasteiger charge is 2.36. The Bertz CT molecular complexity index is 901. The smallest absolute Gasteiger partial charge is 0.305 e. The number of amides is 1. The van der Waals surface area contributed by atoms with Gasteiger partial charge in [0.1, 0.15) is 0 Å². The van der Waals surface area contributed by atoms with Crippen LogP contribution >= 0.6 is 35.0 Å². The number of nitrogens with zero attached hydrogens (tertiary/aromatic N) is 1. The fourth-order valence-corrected chi connectivity index (χ4v) is 4.89. The molecule has 0 saturated carbocycles. The number of carbonyl (C=O) groups is 2. The van der Waals surface area contributed by atoms with Crippen molar-refractivity contribution in [2.24, 2.45) is 0 Å². The van der Waals surface area contributed by atoms with Crippen LogP contribution < -0.4 is 4.90 Å². The number of carboxylic acid groups (broad SMARTS) is 1. The van der Waals surface area contributed by atoms with Gasteiger partial charge < -0.3 is 10.0 Å². The Morgan fingerprint density at radius 1 is 1.22 bits per heavy atom. The molecule has 4 nitrogen and oxygen atoms in total. The first kappa shape index (κ1) is 20.1. The molecule has 0 spiro atoms. The summed E-state index contributed by atoms with van der Waals surface area (Å²) in [7, 11) is 0. The van der Waals surface area contributed by atoms with Crippen LogP contribution in [-0.4, -0.2) is 22.2 Å². The summed E-state index contributed by atoms with van der Waals surface area (Å²) in [6, 6.07) is 11.1. The maximum absolute atomic E-state index is 13.0. The van der Waals surface area contributed by atoms with Crippen molar-refractivity contribution < 1.29 is 14.7 Å². The molecular weight excluding hydrogens is 405 g/mol. The van der Waals surface area contributed by atoms with Gasteiger partial charge in [0.15, 0.2) is 0 Å². The van der Waals surface area contributed by atoms with E-state index < -0.39 is 11.2 Å². The topological polar surface area (TPSA) is 57.6 Å². The molecule has 1 atom stereocenters. The summed E-state index contributed by atoms with van der Waals surface area (Å²) in [5, 5.41) is 9.46. The minimum Gasteiger partial charge on any atom is -0.481 e.